The van der Waals surface area contributed by atoms with Crippen LogP contribution in [0.15, 0.2) is 77.5 Å². The van der Waals surface area contributed by atoms with Crippen LogP contribution in [0.4, 0.5) is 0 Å². The van der Waals surface area contributed by atoms with Gasteiger partial charge in [0.25, 0.3) is 0 Å². The van der Waals surface area contributed by atoms with Crippen LogP contribution < -0.4 is 14.8 Å². The summed E-state index contributed by atoms with van der Waals surface area (Å²) in [6.45, 7) is 1.96. The zero-order valence-corrected chi connectivity index (χ0v) is 21.9. The Morgan fingerprint density at radius 3 is 2.38 bits per heavy atom. The fraction of sp³-hybridized carbons (Fsp3) is 0.172. The molecule has 0 unspecified atom stereocenters. The fourth-order valence-corrected chi connectivity index (χ4v) is 5.32. The van der Waals surface area contributed by atoms with Crippen molar-refractivity contribution in [3.8, 4) is 11.5 Å². The van der Waals surface area contributed by atoms with Crippen molar-refractivity contribution in [2.45, 2.75) is 19.4 Å². The summed E-state index contributed by atoms with van der Waals surface area (Å²) in [4.78, 5) is 26.6. The van der Waals surface area contributed by atoms with Gasteiger partial charge in [0.2, 0.25) is 0 Å². The molecular weight excluding hydrogens is 513 g/mol. The van der Waals surface area contributed by atoms with E-state index in [1.54, 1.807) is 31.2 Å². The summed E-state index contributed by atoms with van der Waals surface area (Å²) in [5.41, 5.74) is 4.79. The van der Waals surface area contributed by atoms with Crippen LogP contribution in [0.3, 0.4) is 0 Å². The van der Waals surface area contributed by atoms with Crippen molar-refractivity contribution in [1.82, 2.24) is 5.32 Å². The molecule has 0 radical (unpaired) electrons. The van der Waals surface area contributed by atoms with Gasteiger partial charge in [-0.3, -0.25) is 4.79 Å². The second kappa shape index (κ2) is 9.96. The lowest BCUT2D eigenvalue weighted by Gasteiger charge is -2.29. The molecule has 1 aliphatic carbocycles. The van der Waals surface area contributed by atoms with Gasteiger partial charge in [-0.2, -0.15) is 0 Å². The van der Waals surface area contributed by atoms with E-state index in [-0.39, 0.29) is 17.4 Å². The minimum atomic E-state index is -0.729. The Balaban J connectivity index is 1.61. The highest BCUT2D eigenvalue weighted by Crippen LogP contribution is 2.49. The Morgan fingerprint density at radius 1 is 0.973 bits per heavy atom. The number of halogens is 2. The minimum Gasteiger partial charge on any atom is -0.493 e. The average Bonchev–Trinajstić information content (AvgIpc) is 3.18. The third-order valence-electron chi connectivity index (χ3n) is 6.57. The number of esters is 1. The molecule has 5 rings (SSSR count). The van der Waals surface area contributed by atoms with Crippen LogP contribution >= 0.6 is 23.2 Å². The average molecular weight is 536 g/mol. The molecule has 0 aromatic heterocycles. The van der Waals surface area contributed by atoms with Gasteiger partial charge in [-0.25, -0.2) is 4.79 Å². The predicted molar refractivity (Wildman–Crippen MR) is 142 cm³/mol. The molecule has 188 valence electrons. The molecule has 0 fully saturated rings. The van der Waals surface area contributed by atoms with Gasteiger partial charge < -0.3 is 19.5 Å². The van der Waals surface area contributed by atoms with Crippen molar-refractivity contribution >= 4 is 40.7 Å². The van der Waals surface area contributed by atoms with Crippen molar-refractivity contribution in [3.05, 3.63) is 110 Å². The molecule has 3 aromatic carbocycles. The zero-order chi connectivity index (χ0) is 26.3. The normalized spacial score (nSPS) is 16.2. The van der Waals surface area contributed by atoms with E-state index in [4.69, 9.17) is 37.4 Å². The summed E-state index contributed by atoms with van der Waals surface area (Å²) in [6, 6.07) is 18.1. The van der Waals surface area contributed by atoms with E-state index >= 15 is 0 Å². The Kier molecular flexibility index (Phi) is 6.71. The molecule has 1 atom stereocenters. The van der Waals surface area contributed by atoms with E-state index in [1.165, 1.54) is 14.2 Å². The maximum Gasteiger partial charge on any atom is 0.336 e. The smallest absolute Gasteiger partial charge is 0.336 e. The number of Topliss-reactive ketones (excluding diaryl/α,β-unsaturated/α-hetero) is 1. The Morgan fingerprint density at radius 2 is 1.68 bits per heavy atom. The van der Waals surface area contributed by atoms with Crippen molar-refractivity contribution in [2.24, 2.45) is 0 Å². The first-order chi connectivity index (χ1) is 17.8. The number of hydrogen-bond donors (Lipinski definition) is 1. The quantitative estimate of drug-likeness (QED) is 0.372. The highest BCUT2D eigenvalue weighted by molar-refractivity contribution is 6.32. The first-order valence-corrected chi connectivity index (χ1v) is 12.3. The van der Waals surface area contributed by atoms with Crippen molar-refractivity contribution < 1.29 is 23.8 Å². The standard InChI is InChI=1S/C29H23Cl2NO5/c1-15-23(29(34)36-3)24(25-26(32-15)18-9-5-6-10-19(18)27(25)33)17-12-21(31)28(22(13-17)35-2)37-14-16-8-4-7-11-20(16)30/h4-13,24,32H,14H2,1-3H3/t24-/m1/s1. The molecule has 0 bridgehead atoms. The lowest BCUT2D eigenvalue weighted by molar-refractivity contribution is -0.136. The SMILES string of the molecule is COC(=O)C1=C(C)NC2=C(C(=O)c3ccccc32)[C@@H]1c1cc(Cl)c(OCc2ccccc2Cl)c(OC)c1. The van der Waals surface area contributed by atoms with Crippen molar-refractivity contribution in [1.29, 1.82) is 0 Å². The van der Waals surface area contributed by atoms with E-state index in [2.05, 4.69) is 5.32 Å². The number of nitrogens with one attached hydrogen (secondary N) is 1. The molecule has 0 amide bonds. The number of ketones is 1. The van der Waals surface area contributed by atoms with Crippen LogP contribution in [0, 0.1) is 0 Å². The van der Waals surface area contributed by atoms with Gasteiger partial charge in [0, 0.05) is 38.9 Å². The number of rotatable bonds is 6. The Hall–Kier alpha value is -3.74. The van der Waals surface area contributed by atoms with Crippen molar-refractivity contribution in [2.75, 3.05) is 14.2 Å². The van der Waals surface area contributed by atoms with E-state index in [0.717, 1.165) is 11.1 Å². The van der Waals surface area contributed by atoms with E-state index in [0.29, 0.717) is 50.2 Å². The molecule has 8 heteroatoms. The van der Waals surface area contributed by atoms with Crippen LogP contribution in [0.2, 0.25) is 10.0 Å². The molecule has 0 saturated heterocycles. The van der Waals surface area contributed by atoms with Gasteiger partial charge in [-0.05, 0) is 30.7 Å². The summed E-state index contributed by atoms with van der Waals surface area (Å²) in [7, 11) is 2.82. The second-order valence-electron chi connectivity index (χ2n) is 8.67. The highest BCUT2D eigenvalue weighted by Gasteiger charge is 2.43. The number of carbonyl (C=O) groups excluding carboxylic acids is 2. The summed E-state index contributed by atoms with van der Waals surface area (Å²) >= 11 is 13.0. The maximum atomic E-state index is 13.6. The first-order valence-electron chi connectivity index (χ1n) is 11.5. The molecule has 37 heavy (non-hydrogen) atoms. The number of carbonyl (C=O) groups is 2. The van der Waals surface area contributed by atoms with Crippen LogP contribution in [0.5, 0.6) is 11.5 Å². The Bertz CT molecular complexity index is 1510. The van der Waals surface area contributed by atoms with Crippen LogP contribution in [-0.2, 0) is 16.1 Å². The van der Waals surface area contributed by atoms with Crippen LogP contribution in [0.1, 0.15) is 39.9 Å². The van der Waals surface area contributed by atoms with Gasteiger partial charge >= 0.3 is 5.97 Å². The minimum absolute atomic E-state index is 0.161. The molecule has 1 aliphatic heterocycles. The number of hydrogen-bond acceptors (Lipinski definition) is 6. The fourth-order valence-electron chi connectivity index (χ4n) is 4.85. The monoisotopic (exact) mass is 535 g/mol. The lowest BCUT2D eigenvalue weighted by Crippen LogP contribution is -2.29. The van der Waals surface area contributed by atoms with Gasteiger partial charge in [0.15, 0.2) is 17.3 Å². The number of methoxy groups -OCH3 is 2. The molecule has 1 N–H and O–H groups in total. The zero-order valence-electron chi connectivity index (χ0n) is 20.4. The predicted octanol–water partition coefficient (Wildman–Crippen LogP) is 6.32. The summed E-state index contributed by atoms with van der Waals surface area (Å²) in [5.74, 6) is -0.740. The van der Waals surface area contributed by atoms with Gasteiger partial charge in [-0.1, -0.05) is 65.7 Å². The van der Waals surface area contributed by atoms with Crippen LogP contribution in [0.25, 0.3) is 5.70 Å². The molecule has 6 nitrogen and oxygen atoms in total. The molecular formula is C29H23Cl2NO5. The molecule has 2 aliphatic rings. The molecule has 1 heterocycles. The van der Waals surface area contributed by atoms with Gasteiger partial charge in [0.05, 0.1) is 30.5 Å². The number of ether oxygens (including phenoxy) is 3. The second-order valence-corrected chi connectivity index (χ2v) is 9.48. The first kappa shape index (κ1) is 24.9. The summed E-state index contributed by atoms with van der Waals surface area (Å²) < 4.78 is 16.8. The number of dihydropyridines is 1. The largest absolute Gasteiger partial charge is 0.493 e. The topological polar surface area (TPSA) is 73.9 Å². The van der Waals surface area contributed by atoms with Gasteiger partial charge in [0.1, 0.15) is 6.61 Å². The number of benzene rings is 3. The highest BCUT2D eigenvalue weighted by atomic mass is 35.5. The van der Waals surface area contributed by atoms with E-state index in [1.807, 2.05) is 36.4 Å². The van der Waals surface area contributed by atoms with E-state index in [9.17, 15) is 9.59 Å². The third kappa shape index (κ3) is 4.26. The third-order valence-corrected chi connectivity index (χ3v) is 7.22. The molecule has 3 aromatic rings. The lowest BCUT2D eigenvalue weighted by atomic mass is 9.79. The van der Waals surface area contributed by atoms with Crippen LogP contribution in [-0.4, -0.2) is 26.0 Å². The maximum absolute atomic E-state index is 13.6. The number of fused-ring (bicyclic) bond motifs is 2. The molecule has 0 spiro atoms. The van der Waals surface area contributed by atoms with Gasteiger partial charge in [-0.15, -0.1) is 0 Å². The summed E-state index contributed by atoms with van der Waals surface area (Å²) in [6.07, 6.45) is 0. The number of allylic oxidation sites excluding steroid dienone is 2. The Labute approximate surface area is 224 Å². The van der Waals surface area contributed by atoms with E-state index < -0.39 is 11.9 Å². The van der Waals surface area contributed by atoms with Crippen molar-refractivity contribution in [3.63, 3.8) is 0 Å². The summed E-state index contributed by atoms with van der Waals surface area (Å²) in [5, 5.41) is 4.11. The molecule has 0 saturated carbocycles.